The molecule has 0 bridgehead atoms. The van der Waals surface area contributed by atoms with Crippen molar-refractivity contribution in [3.05, 3.63) is 29.8 Å². The second-order valence-corrected chi connectivity index (χ2v) is 7.76. The zero-order valence-electron chi connectivity index (χ0n) is 15.3. The summed E-state index contributed by atoms with van der Waals surface area (Å²) >= 11 is 0. The fraction of sp³-hybridized carbons (Fsp3) is 0.650. The molecule has 0 radical (unpaired) electrons. The molecule has 0 aromatic heterocycles. The van der Waals surface area contributed by atoms with Crippen LogP contribution >= 0.6 is 12.4 Å². The maximum absolute atomic E-state index is 12.3. The highest BCUT2D eigenvalue weighted by atomic mass is 35.5. The zero-order valence-corrected chi connectivity index (χ0v) is 16.2. The molecule has 1 saturated heterocycles. The Hall–Kier alpha value is -1.26. The van der Waals surface area contributed by atoms with Crippen LogP contribution in [-0.2, 0) is 11.2 Å². The first-order valence-electron chi connectivity index (χ1n) is 9.29. The summed E-state index contributed by atoms with van der Waals surface area (Å²) in [6.45, 7) is 7.88. The highest BCUT2D eigenvalue weighted by Crippen LogP contribution is 2.58. The first-order valence-corrected chi connectivity index (χ1v) is 9.29. The van der Waals surface area contributed by atoms with Gasteiger partial charge in [0.15, 0.2) is 0 Å². The van der Waals surface area contributed by atoms with Crippen LogP contribution in [0.5, 0.6) is 5.75 Å². The van der Waals surface area contributed by atoms with Gasteiger partial charge in [-0.1, -0.05) is 26.0 Å². The third kappa shape index (κ3) is 5.35. The lowest BCUT2D eigenvalue weighted by Crippen LogP contribution is -2.34. The van der Waals surface area contributed by atoms with E-state index in [0.717, 1.165) is 57.7 Å². The minimum Gasteiger partial charge on any atom is -0.493 e. The van der Waals surface area contributed by atoms with Crippen molar-refractivity contribution in [1.29, 1.82) is 0 Å². The molecule has 1 heterocycles. The number of hydrogen-bond acceptors (Lipinski definition) is 3. The average Bonchev–Trinajstić information content (AvgIpc) is 3.27. The molecule has 25 heavy (non-hydrogen) atoms. The predicted octanol–water partition coefficient (Wildman–Crippen LogP) is 3.19. The van der Waals surface area contributed by atoms with Crippen molar-refractivity contribution in [2.24, 2.45) is 17.3 Å². The van der Waals surface area contributed by atoms with E-state index in [2.05, 4.69) is 36.6 Å². The van der Waals surface area contributed by atoms with E-state index in [0.29, 0.717) is 11.3 Å². The number of rotatable bonds is 7. The predicted molar refractivity (Wildman–Crippen MR) is 103 cm³/mol. The second kappa shape index (κ2) is 8.91. The molecule has 1 aliphatic carbocycles. The number of amides is 1. The minimum absolute atomic E-state index is 0. The Morgan fingerprint density at radius 3 is 2.60 bits per heavy atom. The highest BCUT2D eigenvalue weighted by Gasteiger charge is 2.57. The van der Waals surface area contributed by atoms with Crippen LogP contribution in [0, 0.1) is 17.3 Å². The number of ether oxygens (including phenoxy) is 1. The van der Waals surface area contributed by atoms with Crippen LogP contribution in [0.15, 0.2) is 24.3 Å². The smallest absolute Gasteiger partial charge is 0.223 e. The zero-order chi connectivity index (χ0) is 17.0. The molecule has 3 rings (SSSR count). The van der Waals surface area contributed by atoms with Gasteiger partial charge in [-0.15, -0.1) is 12.4 Å². The van der Waals surface area contributed by atoms with E-state index in [1.54, 1.807) is 0 Å². The van der Waals surface area contributed by atoms with Gasteiger partial charge in [-0.05, 0) is 67.8 Å². The van der Waals surface area contributed by atoms with Gasteiger partial charge in [0.1, 0.15) is 5.75 Å². The SMILES string of the molecule is CC(C)COc1ccc(CCNC(=O)C2CC23CCNCC3)cc1.Cl. The Bertz CT molecular complexity index is 553. The number of benzene rings is 1. The topological polar surface area (TPSA) is 50.4 Å². The normalized spacial score (nSPS) is 20.8. The molecule has 1 spiro atoms. The largest absolute Gasteiger partial charge is 0.493 e. The summed E-state index contributed by atoms with van der Waals surface area (Å²) in [5, 5.41) is 6.51. The van der Waals surface area contributed by atoms with Gasteiger partial charge in [-0.2, -0.15) is 0 Å². The summed E-state index contributed by atoms with van der Waals surface area (Å²) in [7, 11) is 0. The number of carbonyl (C=O) groups is 1. The molecule has 1 aliphatic heterocycles. The molecule has 2 fully saturated rings. The summed E-state index contributed by atoms with van der Waals surface area (Å²) in [6, 6.07) is 8.22. The van der Waals surface area contributed by atoms with Crippen LogP contribution in [-0.4, -0.2) is 32.1 Å². The van der Waals surface area contributed by atoms with Gasteiger partial charge in [-0.3, -0.25) is 4.79 Å². The lowest BCUT2D eigenvalue weighted by atomic mass is 9.92. The fourth-order valence-electron chi connectivity index (χ4n) is 3.66. The Labute approximate surface area is 157 Å². The van der Waals surface area contributed by atoms with Crippen molar-refractivity contribution in [2.45, 2.75) is 39.5 Å². The van der Waals surface area contributed by atoms with E-state index in [-0.39, 0.29) is 24.2 Å². The number of hydrogen-bond donors (Lipinski definition) is 2. The molecule has 1 aromatic carbocycles. The third-order valence-corrected chi connectivity index (χ3v) is 5.33. The Kier molecular flexibility index (Phi) is 7.14. The number of carbonyl (C=O) groups excluding carboxylic acids is 1. The standard InChI is InChI=1S/C20H30N2O2.ClH/c1-15(2)14-24-17-5-3-16(4-6-17)7-10-22-19(23)18-13-20(18)8-11-21-12-9-20;/h3-6,15,18,21H,7-14H2,1-2H3,(H,22,23);1H. The van der Waals surface area contributed by atoms with Crippen molar-refractivity contribution in [3.63, 3.8) is 0 Å². The molecule has 1 amide bonds. The van der Waals surface area contributed by atoms with Crippen molar-refractivity contribution < 1.29 is 9.53 Å². The molecule has 5 heteroatoms. The molecular formula is C20H31ClN2O2. The van der Waals surface area contributed by atoms with Crippen LogP contribution in [0.1, 0.15) is 38.7 Å². The Morgan fingerprint density at radius 2 is 1.96 bits per heavy atom. The maximum atomic E-state index is 12.3. The maximum Gasteiger partial charge on any atom is 0.223 e. The van der Waals surface area contributed by atoms with Gasteiger partial charge in [0.25, 0.3) is 0 Å². The molecule has 1 aromatic rings. The molecular weight excluding hydrogens is 336 g/mol. The lowest BCUT2D eigenvalue weighted by molar-refractivity contribution is -0.123. The van der Waals surface area contributed by atoms with Crippen LogP contribution in [0.4, 0.5) is 0 Å². The summed E-state index contributed by atoms with van der Waals surface area (Å²) in [5.74, 6) is 1.97. The highest BCUT2D eigenvalue weighted by molar-refractivity contribution is 5.85. The molecule has 1 saturated carbocycles. The molecule has 2 N–H and O–H groups in total. The molecule has 140 valence electrons. The Balaban J connectivity index is 0.00000225. The first kappa shape index (κ1) is 20.1. The van der Waals surface area contributed by atoms with Crippen molar-refractivity contribution in [3.8, 4) is 5.75 Å². The van der Waals surface area contributed by atoms with E-state index in [1.165, 1.54) is 5.56 Å². The lowest BCUT2D eigenvalue weighted by Gasteiger charge is -2.23. The fourth-order valence-corrected chi connectivity index (χ4v) is 3.66. The monoisotopic (exact) mass is 366 g/mol. The molecule has 2 aliphatic rings. The van der Waals surface area contributed by atoms with Crippen molar-refractivity contribution >= 4 is 18.3 Å². The van der Waals surface area contributed by atoms with Crippen LogP contribution in [0.2, 0.25) is 0 Å². The van der Waals surface area contributed by atoms with E-state index in [9.17, 15) is 4.79 Å². The number of nitrogens with one attached hydrogen (secondary N) is 2. The van der Waals surface area contributed by atoms with Crippen LogP contribution in [0.3, 0.4) is 0 Å². The summed E-state index contributed by atoms with van der Waals surface area (Å²) in [4.78, 5) is 12.3. The van der Waals surface area contributed by atoms with Gasteiger partial charge in [0.2, 0.25) is 5.91 Å². The van der Waals surface area contributed by atoms with E-state index < -0.39 is 0 Å². The van der Waals surface area contributed by atoms with Gasteiger partial charge >= 0.3 is 0 Å². The van der Waals surface area contributed by atoms with Gasteiger partial charge in [0, 0.05) is 12.5 Å². The summed E-state index contributed by atoms with van der Waals surface area (Å²) < 4.78 is 5.69. The van der Waals surface area contributed by atoms with Gasteiger partial charge in [-0.25, -0.2) is 0 Å². The average molecular weight is 367 g/mol. The van der Waals surface area contributed by atoms with Crippen LogP contribution < -0.4 is 15.4 Å². The second-order valence-electron chi connectivity index (χ2n) is 7.76. The van der Waals surface area contributed by atoms with Gasteiger partial charge < -0.3 is 15.4 Å². The van der Waals surface area contributed by atoms with E-state index in [1.807, 2.05) is 12.1 Å². The molecule has 1 unspecified atom stereocenters. The molecule has 1 atom stereocenters. The van der Waals surface area contributed by atoms with E-state index >= 15 is 0 Å². The van der Waals surface area contributed by atoms with Crippen LogP contribution in [0.25, 0.3) is 0 Å². The van der Waals surface area contributed by atoms with Crippen molar-refractivity contribution in [2.75, 3.05) is 26.2 Å². The van der Waals surface area contributed by atoms with E-state index in [4.69, 9.17) is 4.74 Å². The summed E-state index contributed by atoms with van der Waals surface area (Å²) in [6.07, 6.45) is 4.27. The number of piperidine rings is 1. The Morgan fingerprint density at radius 1 is 1.28 bits per heavy atom. The third-order valence-electron chi connectivity index (χ3n) is 5.33. The summed E-state index contributed by atoms with van der Waals surface area (Å²) in [5.41, 5.74) is 1.56. The molecule has 4 nitrogen and oxygen atoms in total. The van der Waals surface area contributed by atoms with Crippen molar-refractivity contribution in [1.82, 2.24) is 10.6 Å². The quantitative estimate of drug-likeness (QED) is 0.779. The first-order chi connectivity index (χ1) is 11.6. The van der Waals surface area contributed by atoms with Gasteiger partial charge in [0.05, 0.1) is 6.61 Å². The minimum atomic E-state index is 0. The number of halogens is 1.